The summed E-state index contributed by atoms with van der Waals surface area (Å²) in [7, 11) is 2.09. The number of rotatable bonds is 2. The molecule has 0 aromatic heterocycles. The number of nitrogens with zero attached hydrogens (tertiary/aromatic N) is 3. The predicted molar refractivity (Wildman–Crippen MR) is 106 cm³/mol. The third-order valence-corrected chi connectivity index (χ3v) is 9.41. The van der Waals surface area contributed by atoms with E-state index in [2.05, 4.69) is 16.8 Å². The Kier molecular flexibility index (Phi) is 4.00. The molecule has 3 saturated heterocycles. The van der Waals surface area contributed by atoms with Crippen molar-refractivity contribution in [2.75, 3.05) is 24.3 Å². The van der Waals surface area contributed by atoms with Gasteiger partial charge in [0.15, 0.2) is 0 Å². The molecular weight excluding hydrogens is 374 g/mol. The molecule has 4 aliphatic heterocycles. The van der Waals surface area contributed by atoms with Crippen molar-refractivity contribution >= 4 is 46.2 Å². The minimum absolute atomic E-state index is 0.0307. The number of benzene rings is 1. The molecule has 1 aromatic carbocycles. The van der Waals surface area contributed by atoms with Crippen molar-refractivity contribution in [3.63, 3.8) is 0 Å². The van der Waals surface area contributed by atoms with Gasteiger partial charge in [-0.1, -0.05) is 12.1 Å². The quantitative estimate of drug-likeness (QED) is 0.828. The Morgan fingerprint density at radius 1 is 1.16 bits per heavy atom. The van der Waals surface area contributed by atoms with Crippen LogP contribution in [0.5, 0.6) is 5.75 Å². The fourth-order valence-electron chi connectivity index (χ4n) is 4.09. The Morgan fingerprint density at radius 2 is 1.96 bits per heavy atom. The zero-order valence-corrected chi connectivity index (χ0v) is 16.2. The van der Waals surface area contributed by atoms with Crippen LogP contribution < -0.4 is 0 Å². The number of likely N-dealkylation sites (N-methyl/N-ethyl adjacent to an activating group) is 1. The Bertz CT molecular complexity index is 758. The molecule has 4 heterocycles. The molecule has 0 aliphatic carbocycles. The van der Waals surface area contributed by atoms with Crippen LogP contribution in [0.3, 0.4) is 0 Å². The van der Waals surface area contributed by atoms with E-state index in [4.69, 9.17) is 4.99 Å². The second-order valence-corrected chi connectivity index (χ2v) is 10.1. The fourth-order valence-corrected chi connectivity index (χ4v) is 8.58. The summed E-state index contributed by atoms with van der Waals surface area (Å²) in [5.74, 6) is 3.33. The molecule has 0 saturated carbocycles. The number of phenols is 1. The molecular formula is C17H19N3O2S3. The molecule has 1 aromatic rings. The minimum atomic E-state index is 0.0307. The first-order valence-corrected chi connectivity index (χ1v) is 11.5. The molecule has 5 atom stereocenters. The Labute approximate surface area is 159 Å². The summed E-state index contributed by atoms with van der Waals surface area (Å²) in [6, 6.07) is 7.78. The Morgan fingerprint density at radius 3 is 2.80 bits per heavy atom. The van der Waals surface area contributed by atoms with Crippen molar-refractivity contribution in [3.05, 3.63) is 29.8 Å². The normalized spacial score (nSPS) is 37.5. The number of para-hydroxylation sites is 1. The maximum atomic E-state index is 13.0. The van der Waals surface area contributed by atoms with Crippen LogP contribution in [0.1, 0.15) is 5.56 Å². The van der Waals surface area contributed by atoms with Gasteiger partial charge >= 0.3 is 0 Å². The standard InChI is InChI=1S/C17H19N3O2S3/c1-19-11-7-25-17(19)12-8-24-16(20(12)15(11)22)10-6-23-14(18-10)9-4-2-3-5-13(9)21/h2-5,10-12,16-17,21H,6-8H2,1H3/t10-,11+,12-,16+,17-/m1/s1. The van der Waals surface area contributed by atoms with E-state index in [0.29, 0.717) is 11.4 Å². The summed E-state index contributed by atoms with van der Waals surface area (Å²) in [5, 5.41) is 11.5. The smallest absolute Gasteiger partial charge is 0.242 e. The number of aliphatic imine (C=N–C) groups is 1. The van der Waals surface area contributed by atoms with Crippen LogP contribution in [0.2, 0.25) is 0 Å². The van der Waals surface area contributed by atoms with E-state index >= 15 is 0 Å². The topological polar surface area (TPSA) is 56.1 Å². The molecule has 8 heteroatoms. The van der Waals surface area contributed by atoms with Crippen molar-refractivity contribution in [2.24, 2.45) is 4.99 Å². The van der Waals surface area contributed by atoms with Crippen molar-refractivity contribution in [2.45, 2.75) is 28.9 Å². The molecule has 1 amide bonds. The monoisotopic (exact) mass is 393 g/mol. The molecule has 0 spiro atoms. The van der Waals surface area contributed by atoms with Gasteiger partial charge in [-0.15, -0.1) is 35.3 Å². The minimum Gasteiger partial charge on any atom is -0.507 e. The highest BCUT2D eigenvalue weighted by Gasteiger charge is 2.56. The van der Waals surface area contributed by atoms with Crippen molar-refractivity contribution in [3.8, 4) is 5.75 Å². The molecule has 0 radical (unpaired) electrons. The molecule has 0 unspecified atom stereocenters. The van der Waals surface area contributed by atoms with Crippen LogP contribution in [0.4, 0.5) is 0 Å². The van der Waals surface area contributed by atoms with Crippen molar-refractivity contribution in [1.82, 2.24) is 9.80 Å². The zero-order chi connectivity index (χ0) is 17.1. The summed E-state index contributed by atoms with van der Waals surface area (Å²) in [5.41, 5.74) is 0.801. The lowest BCUT2D eigenvalue weighted by Gasteiger charge is -2.42. The zero-order valence-electron chi connectivity index (χ0n) is 13.7. The highest BCUT2D eigenvalue weighted by molar-refractivity contribution is 8.14. The predicted octanol–water partition coefficient (Wildman–Crippen LogP) is 1.91. The summed E-state index contributed by atoms with van der Waals surface area (Å²) < 4.78 is 0. The lowest BCUT2D eigenvalue weighted by atomic mass is 10.1. The highest BCUT2D eigenvalue weighted by atomic mass is 32.2. The molecule has 132 valence electrons. The van der Waals surface area contributed by atoms with Crippen LogP contribution in [0.25, 0.3) is 0 Å². The van der Waals surface area contributed by atoms with E-state index in [1.165, 1.54) is 0 Å². The molecule has 4 aliphatic rings. The lowest BCUT2D eigenvalue weighted by molar-refractivity contribution is -0.143. The van der Waals surface area contributed by atoms with E-state index in [-0.39, 0.29) is 29.1 Å². The van der Waals surface area contributed by atoms with E-state index in [1.54, 1.807) is 17.8 Å². The van der Waals surface area contributed by atoms with Crippen LogP contribution in [-0.2, 0) is 4.79 Å². The number of fused-ring (bicyclic) bond motifs is 4. The number of aromatic hydroxyl groups is 1. The Hall–Kier alpha value is -0.830. The van der Waals surface area contributed by atoms with Gasteiger partial charge in [-0.25, -0.2) is 0 Å². The average molecular weight is 394 g/mol. The molecule has 2 bridgehead atoms. The van der Waals surface area contributed by atoms with Gasteiger partial charge in [0.25, 0.3) is 0 Å². The number of amides is 1. The number of thioether (sulfide) groups is 3. The van der Waals surface area contributed by atoms with Crippen LogP contribution in [-0.4, -0.2) is 79.0 Å². The van der Waals surface area contributed by atoms with E-state index < -0.39 is 0 Å². The largest absolute Gasteiger partial charge is 0.507 e. The number of carbonyl (C=O) groups is 1. The fraction of sp³-hybridized carbons (Fsp3) is 0.529. The molecule has 5 rings (SSSR count). The summed E-state index contributed by atoms with van der Waals surface area (Å²) >= 11 is 5.48. The van der Waals surface area contributed by atoms with Crippen LogP contribution >= 0.6 is 35.3 Å². The number of piperazine rings is 1. The number of phenolic OH excluding ortho intramolecular Hbond substituents is 1. The Balaban J connectivity index is 1.42. The summed E-state index contributed by atoms with van der Waals surface area (Å²) in [6.07, 6.45) is 0. The first kappa shape index (κ1) is 16.4. The van der Waals surface area contributed by atoms with Gasteiger partial charge in [0.2, 0.25) is 5.91 Å². The molecule has 3 fully saturated rings. The molecule has 1 N–H and O–H groups in total. The van der Waals surface area contributed by atoms with E-state index in [1.807, 2.05) is 41.7 Å². The van der Waals surface area contributed by atoms with E-state index in [9.17, 15) is 9.90 Å². The van der Waals surface area contributed by atoms with Gasteiger partial charge < -0.3 is 10.0 Å². The number of carbonyl (C=O) groups excluding carboxylic acids is 1. The highest BCUT2D eigenvalue weighted by Crippen LogP contribution is 2.47. The van der Waals surface area contributed by atoms with Crippen molar-refractivity contribution in [1.29, 1.82) is 0 Å². The molecule has 5 nitrogen and oxygen atoms in total. The number of hydrogen-bond acceptors (Lipinski definition) is 7. The average Bonchev–Trinajstić information content (AvgIpc) is 3.30. The number of hydrogen-bond donors (Lipinski definition) is 1. The SMILES string of the molecule is CN1[C@@H]2SC[C@H]1C(=O)N1[C@@H]2CS[C@H]1[C@H]1CSC(c2ccccc2O)=N1. The van der Waals surface area contributed by atoms with Gasteiger partial charge in [-0.3, -0.25) is 14.7 Å². The van der Waals surface area contributed by atoms with Crippen molar-refractivity contribution < 1.29 is 9.90 Å². The first-order chi connectivity index (χ1) is 12.1. The molecule has 25 heavy (non-hydrogen) atoms. The van der Waals surface area contributed by atoms with Crippen LogP contribution in [0, 0.1) is 0 Å². The second kappa shape index (κ2) is 6.11. The van der Waals surface area contributed by atoms with Crippen LogP contribution in [0.15, 0.2) is 29.3 Å². The van der Waals surface area contributed by atoms with Gasteiger partial charge in [0.1, 0.15) is 16.2 Å². The first-order valence-electron chi connectivity index (χ1n) is 8.41. The van der Waals surface area contributed by atoms with Gasteiger partial charge in [-0.05, 0) is 19.2 Å². The maximum absolute atomic E-state index is 13.0. The summed E-state index contributed by atoms with van der Waals surface area (Å²) in [6.45, 7) is 0. The second-order valence-electron chi connectivity index (χ2n) is 6.77. The maximum Gasteiger partial charge on any atom is 0.242 e. The van der Waals surface area contributed by atoms with Gasteiger partial charge in [0.05, 0.1) is 23.5 Å². The van der Waals surface area contributed by atoms with Gasteiger partial charge in [-0.2, -0.15) is 0 Å². The van der Waals surface area contributed by atoms with E-state index in [0.717, 1.165) is 27.9 Å². The summed E-state index contributed by atoms with van der Waals surface area (Å²) in [4.78, 5) is 22.3. The lowest BCUT2D eigenvalue weighted by Crippen LogP contribution is -2.62. The third kappa shape index (κ3) is 2.44. The van der Waals surface area contributed by atoms with Gasteiger partial charge in [0, 0.05) is 22.8 Å². The third-order valence-electron chi connectivity index (χ3n) is 5.39.